The molecule has 0 spiro atoms. The lowest BCUT2D eigenvalue weighted by molar-refractivity contribution is -0.113. The summed E-state index contributed by atoms with van der Waals surface area (Å²) < 4.78 is 0. The summed E-state index contributed by atoms with van der Waals surface area (Å²) in [6, 6.07) is 5.74. The summed E-state index contributed by atoms with van der Waals surface area (Å²) in [6.45, 7) is 5.39. The number of aliphatic imine (C=N–C) groups is 1. The largest absolute Gasteiger partial charge is 0.397 e. The fourth-order valence-electron chi connectivity index (χ4n) is 3.13. The molecule has 0 radical (unpaired) electrons. The van der Waals surface area contributed by atoms with Crippen molar-refractivity contribution in [3.8, 4) is 0 Å². The Hall–Kier alpha value is -2.29. The molecule has 1 fully saturated rings. The van der Waals surface area contributed by atoms with Gasteiger partial charge in [-0.3, -0.25) is 14.6 Å². The number of allylic oxidation sites excluding steroid dienone is 6. The minimum Gasteiger partial charge on any atom is -0.397 e. The van der Waals surface area contributed by atoms with Gasteiger partial charge in [0, 0.05) is 41.0 Å². The molecule has 1 aliphatic carbocycles. The lowest BCUT2D eigenvalue weighted by atomic mass is 10.1. The van der Waals surface area contributed by atoms with E-state index in [4.69, 9.17) is 40.4 Å². The Morgan fingerprint density at radius 1 is 1.35 bits per heavy atom. The second-order valence-corrected chi connectivity index (χ2v) is 8.95. The summed E-state index contributed by atoms with van der Waals surface area (Å²) in [5.41, 5.74) is 18.9. The van der Waals surface area contributed by atoms with Gasteiger partial charge < -0.3 is 22.1 Å². The highest BCUT2D eigenvalue weighted by molar-refractivity contribution is 6.33. The number of nitrogens with two attached hydrogens (primary N) is 3. The first-order valence-electron chi connectivity index (χ1n) is 11.1. The molecule has 34 heavy (non-hydrogen) atoms. The Morgan fingerprint density at radius 2 is 2.06 bits per heavy atom. The van der Waals surface area contributed by atoms with Crippen LogP contribution in [0.3, 0.4) is 0 Å². The maximum atomic E-state index is 11.0. The summed E-state index contributed by atoms with van der Waals surface area (Å²) in [5.74, 6) is -0.0186. The minimum absolute atomic E-state index is 0.0186. The summed E-state index contributed by atoms with van der Waals surface area (Å²) >= 11 is 11.6. The van der Waals surface area contributed by atoms with Crippen molar-refractivity contribution >= 4 is 52.9 Å². The van der Waals surface area contributed by atoms with Crippen LogP contribution < -0.4 is 17.2 Å². The molecule has 186 valence electrons. The smallest absolute Gasteiger partial charge is 0.156 e. The molecule has 0 aromatic heterocycles. The van der Waals surface area contributed by atoms with Gasteiger partial charge in [-0.05, 0) is 71.0 Å². The van der Waals surface area contributed by atoms with Gasteiger partial charge in [0.15, 0.2) is 12.1 Å². The highest BCUT2D eigenvalue weighted by atomic mass is 35.5. The highest BCUT2D eigenvalue weighted by Gasteiger charge is 2.18. The van der Waals surface area contributed by atoms with Crippen molar-refractivity contribution in [2.45, 2.75) is 45.2 Å². The predicted octanol–water partition coefficient (Wildman–Crippen LogP) is 4.16. The zero-order valence-corrected chi connectivity index (χ0v) is 21.5. The molecular weight excluding hydrogens is 473 g/mol. The third-order valence-corrected chi connectivity index (χ3v) is 5.74. The molecule has 3 rings (SSSR count). The van der Waals surface area contributed by atoms with Crippen molar-refractivity contribution in [3.63, 3.8) is 0 Å². The van der Waals surface area contributed by atoms with Crippen LogP contribution in [0.2, 0.25) is 5.02 Å². The molecule has 2 aliphatic rings. The maximum absolute atomic E-state index is 11.0. The molecule has 6 N–H and O–H groups in total. The van der Waals surface area contributed by atoms with Gasteiger partial charge >= 0.3 is 0 Å². The molecule has 1 aliphatic heterocycles. The van der Waals surface area contributed by atoms with Crippen LogP contribution in [-0.2, 0) is 9.59 Å². The highest BCUT2D eigenvalue weighted by Crippen LogP contribution is 2.25. The van der Waals surface area contributed by atoms with Crippen LogP contribution in [0.4, 0.5) is 11.4 Å². The second-order valence-electron chi connectivity index (χ2n) is 8.11. The Balaban J connectivity index is 0.000000263. The fraction of sp³-hybridized carbons (Fsp3) is 0.400. The number of carbonyl (C=O) groups is 2. The molecule has 1 heterocycles. The van der Waals surface area contributed by atoms with Gasteiger partial charge in [-0.2, -0.15) is 0 Å². The number of ketones is 1. The zero-order valence-electron chi connectivity index (χ0n) is 20.0. The number of aldehydes is 1. The summed E-state index contributed by atoms with van der Waals surface area (Å²) in [7, 11) is 2.14. The maximum Gasteiger partial charge on any atom is 0.156 e. The summed E-state index contributed by atoms with van der Waals surface area (Å²) in [5, 5.41) is 0.944. The van der Waals surface area contributed by atoms with Crippen LogP contribution >= 0.6 is 23.2 Å². The van der Waals surface area contributed by atoms with E-state index in [1.54, 1.807) is 42.6 Å². The van der Waals surface area contributed by atoms with Crippen molar-refractivity contribution in [1.82, 2.24) is 4.90 Å². The number of Topliss-reactive ketones (excluding diaryl/α,β-unsaturated/α-hetero) is 1. The molecule has 9 heteroatoms. The van der Waals surface area contributed by atoms with Crippen LogP contribution in [-0.4, -0.2) is 55.4 Å². The Kier molecular flexibility index (Phi) is 13.6. The first-order chi connectivity index (χ1) is 16.1. The molecule has 0 saturated carbocycles. The lowest BCUT2D eigenvalue weighted by Gasteiger charge is -2.15. The molecule has 0 bridgehead atoms. The van der Waals surface area contributed by atoms with Crippen LogP contribution in [0.5, 0.6) is 0 Å². The number of hydrogen-bond donors (Lipinski definition) is 3. The number of rotatable bonds is 5. The first kappa shape index (κ1) is 29.7. The topological polar surface area (TPSA) is 128 Å². The average Bonchev–Trinajstić information content (AvgIpc) is 3.11. The van der Waals surface area contributed by atoms with Crippen LogP contribution in [0.15, 0.2) is 57.6 Å². The Bertz CT molecular complexity index is 955. The normalized spacial score (nSPS) is 18.9. The number of anilines is 1. The third-order valence-electron chi connectivity index (χ3n) is 5.18. The number of nitrogens with zero attached hydrogens (tertiary/aromatic N) is 2. The first-order valence-corrected chi connectivity index (χ1v) is 11.8. The van der Waals surface area contributed by atoms with Crippen molar-refractivity contribution < 1.29 is 9.59 Å². The number of likely N-dealkylation sites (tertiary alicyclic amines) is 1. The average molecular weight is 508 g/mol. The van der Waals surface area contributed by atoms with E-state index in [0.717, 1.165) is 6.54 Å². The van der Waals surface area contributed by atoms with Gasteiger partial charge in [0.1, 0.15) is 0 Å². The summed E-state index contributed by atoms with van der Waals surface area (Å²) in [6.07, 6.45) is 10.4. The van der Waals surface area contributed by atoms with E-state index in [9.17, 15) is 9.59 Å². The minimum atomic E-state index is -0.0848. The SMILES string of the molecule is CC(=O)C1=CC(Cl)=C(C=O)C=CC1.CC(N)C=Nc1cc(Cl)ccc1N.CN1CCC[C@@H]1CN. The molecule has 1 aromatic rings. The van der Waals surface area contributed by atoms with E-state index < -0.39 is 0 Å². The van der Waals surface area contributed by atoms with E-state index >= 15 is 0 Å². The molecule has 1 unspecified atom stereocenters. The van der Waals surface area contributed by atoms with Gasteiger partial charge in [0.05, 0.1) is 16.4 Å². The van der Waals surface area contributed by atoms with Crippen LogP contribution in [0, 0.1) is 0 Å². The third kappa shape index (κ3) is 10.8. The van der Waals surface area contributed by atoms with E-state index in [1.165, 1.54) is 26.3 Å². The monoisotopic (exact) mass is 507 g/mol. The van der Waals surface area contributed by atoms with Crippen LogP contribution in [0.25, 0.3) is 0 Å². The molecular formula is C25H35Cl2N5O2. The molecule has 1 aromatic carbocycles. The van der Waals surface area contributed by atoms with Gasteiger partial charge in [-0.25, -0.2) is 0 Å². The Morgan fingerprint density at radius 3 is 2.56 bits per heavy atom. The van der Waals surface area contributed by atoms with E-state index in [0.29, 0.717) is 51.3 Å². The molecule has 1 saturated heterocycles. The van der Waals surface area contributed by atoms with Gasteiger partial charge in [-0.15, -0.1) is 0 Å². The number of carbonyl (C=O) groups excluding carboxylic acids is 2. The summed E-state index contributed by atoms with van der Waals surface area (Å²) in [4.78, 5) is 28.0. The van der Waals surface area contributed by atoms with Crippen molar-refractivity contribution in [3.05, 3.63) is 57.6 Å². The standard InChI is InChI=1S/C10H9ClO2.C9H12ClN3.C6H14N2/c1-7(13)8-3-2-4-9(6-12)10(11)5-8;1-6(11)5-13-9-4-7(10)2-3-8(9)12;1-8-4-2-3-6(8)5-7/h2,4-6H,3H2,1H3;2-6H,11-12H2,1H3;6H,2-5,7H2,1H3/t;;6-/m..1/s1. The predicted molar refractivity (Wildman–Crippen MR) is 144 cm³/mol. The molecule has 2 atom stereocenters. The second kappa shape index (κ2) is 15.6. The Labute approximate surface area is 212 Å². The number of hydrogen-bond acceptors (Lipinski definition) is 7. The van der Waals surface area contributed by atoms with Crippen molar-refractivity contribution in [1.29, 1.82) is 0 Å². The molecule has 0 amide bonds. The number of nitrogen functional groups attached to an aromatic ring is 1. The number of benzene rings is 1. The lowest BCUT2D eigenvalue weighted by Crippen LogP contribution is -2.31. The fourth-order valence-corrected chi connectivity index (χ4v) is 3.54. The number of likely N-dealkylation sites (N-methyl/N-ethyl adjacent to an activating group) is 1. The van der Waals surface area contributed by atoms with Crippen molar-refractivity contribution in [2.75, 3.05) is 25.9 Å². The van der Waals surface area contributed by atoms with Crippen LogP contribution in [0.1, 0.15) is 33.1 Å². The van der Waals surface area contributed by atoms with Gasteiger partial charge in [0.2, 0.25) is 0 Å². The van der Waals surface area contributed by atoms with E-state index in [-0.39, 0.29) is 11.8 Å². The van der Waals surface area contributed by atoms with Crippen molar-refractivity contribution in [2.24, 2.45) is 16.5 Å². The van der Waals surface area contributed by atoms with E-state index in [2.05, 4.69) is 16.9 Å². The van der Waals surface area contributed by atoms with E-state index in [1.807, 2.05) is 6.92 Å². The number of halogens is 2. The quantitative estimate of drug-likeness (QED) is 0.311. The molecule has 7 nitrogen and oxygen atoms in total. The van der Waals surface area contributed by atoms with Gasteiger partial charge in [-0.1, -0.05) is 35.4 Å². The zero-order chi connectivity index (χ0) is 25.7. The van der Waals surface area contributed by atoms with Gasteiger partial charge in [0.25, 0.3) is 0 Å².